The third-order valence-electron chi connectivity index (χ3n) is 5.27. The van der Waals surface area contributed by atoms with E-state index in [1.165, 1.54) is 15.9 Å². The molecular formula is C22H19N5O2S2. The van der Waals surface area contributed by atoms with Gasteiger partial charge in [-0.05, 0) is 54.1 Å². The molecule has 5 aromatic rings. The van der Waals surface area contributed by atoms with Crippen molar-refractivity contribution in [3.8, 4) is 0 Å². The summed E-state index contributed by atoms with van der Waals surface area (Å²) in [5, 5.41) is 13.3. The molecule has 0 amide bonds. The summed E-state index contributed by atoms with van der Waals surface area (Å²) >= 11 is 1.52. The van der Waals surface area contributed by atoms with Gasteiger partial charge in [-0.15, -0.1) is 16.4 Å². The van der Waals surface area contributed by atoms with Gasteiger partial charge in [-0.25, -0.2) is 13.4 Å². The summed E-state index contributed by atoms with van der Waals surface area (Å²) in [5.41, 5.74) is 4.00. The summed E-state index contributed by atoms with van der Waals surface area (Å²) in [4.78, 5) is 4.82. The highest BCUT2D eigenvalue weighted by atomic mass is 32.2. The standard InChI is InChI=1S/C22H19N5O2S2/c1-14-8-9-17(12-15(14)2)31(28,29)22-21-24-20(23-13-16-6-4-3-5-7-16)19-18(10-11-30-19)27(21)26-25-22/h3-12H,13H2,1-2H3,(H,23,24). The zero-order valence-electron chi connectivity index (χ0n) is 16.9. The van der Waals surface area contributed by atoms with Crippen LogP contribution in [-0.2, 0) is 16.4 Å². The summed E-state index contributed by atoms with van der Waals surface area (Å²) in [7, 11) is -3.88. The van der Waals surface area contributed by atoms with Gasteiger partial charge in [0.25, 0.3) is 0 Å². The van der Waals surface area contributed by atoms with Crippen molar-refractivity contribution in [3.05, 3.63) is 76.7 Å². The van der Waals surface area contributed by atoms with Gasteiger partial charge in [0.1, 0.15) is 5.82 Å². The lowest BCUT2D eigenvalue weighted by molar-refractivity contribution is 0.592. The Morgan fingerprint density at radius 1 is 1.03 bits per heavy atom. The number of hydrogen-bond acceptors (Lipinski definition) is 7. The first-order valence-corrected chi connectivity index (χ1v) is 12.0. The van der Waals surface area contributed by atoms with Crippen LogP contribution in [0.1, 0.15) is 16.7 Å². The van der Waals surface area contributed by atoms with E-state index in [1.807, 2.05) is 55.6 Å². The van der Waals surface area contributed by atoms with E-state index >= 15 is 0 Å². The highest BCUT2D eigenvalue weighted by Gasteiger charge is 2.27. The van der Waals surface area contributed by atoms with Crippen molar-refractivity contribution in [2.75, 3.05) is 5.32 Å². The monoisotopic (exact) mass is 449 g/mol. The highest BCUT2D eigenvalue weighted by Crippen LogP contribution is 2.31. The normalized spacial score (nSPS) is 11.9. The Hall–Kier alpha value is -3.30. The lowest BCUT2D eigenvalue weighted by Gasteiger charge is -2.09. The van der Waals surface area contributed by atoms with Crippen molar-refractivity contribution in [3.63, 3.8) is 0 Å². The number of aryl methyl sites for hydroxylation is 2. The molecule has 0 saturated heterocycles. The Labute approximate surface area is 183 Å². The molecule has 156 valence electrons. The second-order valence-corrected chi connectivity index (χ2v) is 10.1. The van der Waals surface area contributed by atoms with Crippen LogP contribution >= 0.6 is 11.3 Å². The predicted octanol–water partition coefficient (Wildman–Crippen LogP) is 4.40. The van der Waals surface area contributed by atoms with E-state index in [1.54, 1.807) is 18.2 Å². The van der Waals surface area contributed by atoms with Crippen molar-refractivity contribution in [2.24, 2.45) is 0 Å². The Morgan fingerprint density at radius 3 is 2.61 bits per heavy atom. The molecule has 0 atom stereocenters. The molecule has 0 aliphatic rings. The first kappa shape index (κ1) is 19.7. The Morgan fingerprint density at radius 2 is 1.84 bits per heavy atom. The fourth-order valence-corrected chi connectivity index (χ4v) is 5.55. The van der Waals surface area contributed by atoms with Crippen LogP contribution in [0.2, 0.25) is 0 Å². The number of rotatable bonds is 5. The van der Waals surface area contributed by atoms with Crippen molar-refractivity contribution < 1.29 is 8.42 Å². The number of nitrogens with zero attached hydrogens (tertiary/aromatic N) is 4. The van der Waals surface area contributed by atoms with E-state index in [4.69, 9.17) is 0 Å². The molecule has 0 spiro atoms. The fraction of sp³-hybridized carbons (Fsp3) is 0.136. The number of anilines is 1. The lowest BCUT2D eigenvalue weighted by atomic mass is 10.1. The molecule has 0 fully saturated rings. The third-order valence-corrected chi connectivity index (χ3v) is 7.83. The van der Waals surface area contributed by atoms with Gasteiger partial charge in [-0.2, -0.15) is 4.52 Å². The maximum absolute atomic E-state index is 13.4. The van der Waals surface area contributed by atoms with Crippen molar-refractivity contribution >= 4 is 42.9 Å². The van der Waals surface area contributed by atoms with Crippen LogP contribution in [0.25, 0.3) is 15.9 Å². The van der Waals surface area contributed by atoms with Crippen LogP contribution < -0.4 is 5.32 Å². The van der Waals surface area contributed by atoms with Gasteiger partial charge in [0.15, 0.2) is 5.65 Å². The molecule has 7 nitrogen and oxygen atoms in total. The molecule has 2 aromatic carbocycles. The molecular weight excluding hydrogens is 430 g/mol. The van der Waals surface area contributed by atoms with Gasteiger partial charge in [0.2, 0.25) is 14.9 Å². The fourth-order valence-electron chi connectivity index (χ4n) is 3.39. The van der Waals surface area contributed by atoms with Crippen molar-refractivity contribution in [1.82, 2.24) is 19.8 Å². The van der Waals surface area contributed by atoms with Gasteiger partial charge < -0.3 is 5.32 Å². The third kappa shape index (κ3) is 3.35. The zero-order valence-corrected chi connectivity index (χ0v) is 18.5. The number of nitrogens with one attached hydrogen (secondary N) is 1. The maximum atomic E-state index is 13.4. The lowest BCUT2D eigenvalue weighted by Crippen LogP contribution is -2.07. The maximum Gasteiger partial charge on any atom is 0.229 e. The average Bonchev–Trinajstić information content (AvgIpc) is 3.41. The summed E-state index contributed by atoms with van der Waals surface area (Å²) in [6.45, 7) is 4.40. The van der Waals surface area contributed by atoms with Gasteiger partial charge in [0.05, 0.1) is 15.1 Å². The molecule has 3 aromatic heterocycles. The second kappa shape index (κ2) is 7.44. The first-order chi connectivity index (χ1) is 14.9. The molecule has 9 heteroatoms. The molecule has 1 N–H and O–H groups in total. The topological polar surface area (TPSA) is 89.2 Å². The molecule has 0 radical (unpaired) electrons. The minimum Gasteiger partial charge on any atom is -0.365 e. The summed E-state index contributed by atoms with van der Waals surface area (Å²) in [6.07, 6.45) is 0. The minimum atomic E-state index is -3.88. The molecule has 5 rings (SSSR count). The van der Waals surface area contributed by atoms with Gasteiger partial charge >= 0.3 is 0 Å². The highest BCUT2D eigenvalue weighted by molar-refractivity contribution is 7.91. The summed E-state index contributed by atoms with van der Waals surface area (Å²) in [5.74, 6) is 0.611. The van der Waals surface area contributed by atoms with Gasteiger partial charge in [-0.1, -0.05) is 41.6 Å². The van der Waals surface area contributed by atoms with Crippen LogP contribution in [0.4, 0.5) is 5.82 Å². The van der Waals surface area contributed by atoms with E-state index in [0.717, 1.165) is 26.9 Å². The van der Waals surface area contributed by atoms with E-state index in [2.05, 4.69) is 20.6 Å². The predicted molar refractivity (Wildman–Crippen MR) is 121 cm³/mol. The van der Waals surface area contributed by atoms with Gasteiger partial charge in [0, 0.05) is 6.54 Å². The number of fused-ring (bicyclic) bond motifs is 3. The summed E-state index contributed by atoms with van der Waals surface area (Å²) in [6, 6.07) is 16.9. The number of aromatic nitrogens is 4. The quantitative estimate of drug-likeness (QED) is 0.428. The van der Waals surface area contributed by atoms with E-state index < -0.39 is 9.84 Å². The largest absolute Gasteiger partial charge is 0.365 e. The molecule has 0 bridgehead atoms. The number of sulfone groups is 1. The molecule has 31 heavy (non-hydrogen) atoms. The van der Waals surface area contributed by atoms with Crippen molar-refractivity contribution in [2.45, 2.75) is 30.3 Å². The van der Waals surface area contributed by atoms with Crippen LogP contribution in [0.5, 0.6) is 0 Å². The van der Waals surface area contributed by atoms with E-state index in [9.17, 15) is 8.42 Å². The van der Waals surface area contributed by atoms with Crippen LogP contribution in [-0.4, -0.2) is 28.2 Å². The number of hydrogen-bond donors (Lipinski definition) is 1. The number of benzene rings is 2. The van der Waals surface area contributed by atoms with Crippen LogP contribution in [0.3, 0.4) is 0 Å². The van der Waals surface area contributed by atoms with Gasteiger partial charge in [-0.3, -0.25) is 0 Å². The Bertz CT molecular complexity index is 1520. The molecule has 0 aliphatic carbocycles. The minimum absolute atomic E-state index is 0.147. The molecule has 3 heterocycles. The van der Waals surface area contributed by atoms with E-state index in [-0.39, 0.29) is 15.6 Å². The average molecular weight is 450 g/mol. The second-order valence-electron chi connectivity index (χ2n) is 7.31. The van der Waals surface area contributed by atoms with Crippen molar-refractivity contribution in [1.29, 1.82) is 0 Å². The Kier molecular flexibility index (Phi) is 4.71. The van der Waals surface area contributed by atoms with Crippen LogP contribution in [0, 0.1) is 13.8 Å². The summed E-state index contributed by atoms with van der Waals surface area (Å²) < 4.78 is 29.1. The Balaban J connectivity index is 1.64. The molecule has 0 unspecified atom stereocenters. The smallest absolute Gasteiger partial charge is 0.229 e. The molecule has 0 aliphatic heterocycles. The zero-order chi connectivity index (χ0) is 21.6. The van der Waals surface area contributed by atoms with E-state index in [0.29, 0.717) is 12.4 Å². The SMILES string of the molecule is Cc1ccc(S(=O)(=O)c2nnn3c2nc(NCc2ccccc2)c2sccc23)cc1C. The number of thiophene rings is 1. The molecule has 0 saturated carbocycles. The van der Waals surface area contributed by atoms with Crippen LogP contribution in [0.15, 0.2) is 69.9 Å². The first-order valence-electron chi connectivity index (χ1n) is 9.68.